The summed E-state index contributed by atoms with van der Waals surface area (Å²) in [5, 5.41) is 16.9. The fourth-order valence-corrected chi connectivity index (χ4v) is 5.24. The van der Waals surface area contributed by atoms with E-state index in [0.29, 0.717) is 19.0 Å². The number of thiophene rings is 1. The molecule has 27 heavy (non-hydrogen) atoms. The first-order chi connectivity index (χ1) is 13.1. The van der Waals surface area contributed by atoms with Gasteiger partial charge in [-0.3, -0.25) is 9.69 Å². The molecule has 1 aliphatic carbocycles. The molecule has 1 saturated heterocycles. The third-order valence-electron chi connectivity index (χ3n) is 6.19. The zero-order valence-corrected chi connectivity index (χ0v) is 17.0. The summed E-state index contributed by atoms with van der Waals surface area (Å²) in [7, 11) is 4.17. The second-order valence-corrected chi connectivity index (χ2v) is 8.82. The van der Waals surface area contributed by atoms with Crippen molar-refractivity contribution in [2.45, 2.75) is 56.5 Å². The molecular weight excluding hydrogens is 360 g/mol. The first kappa shape index (κ1) is 18.6. The van der Waals surface area contributed by atoms with Gasteiger partial charge in [0.25, 0.3) is 0 Å². The number of piperidine rings is 1. The molecule has 2 aromatic rings. The third-order valence-corrected chi connectivity index (χ3v) is 6.93. The Bertz CT molecular complexity index is 767. The molecule has 0 aromatic carbocycles. The lowest BCUT2D eigenvalue weighted by molar-refractivity contribution is -0.134. The number of likely N-dealkylation sites (N-methyl/N-ethyl adjacent to an activating group) is 1. The lowest BCUT2D eigenvalue weighted by Crippen LogP contribution is -2.57. The Morgan fingerprint density at radius 2 is 2.15 bits per heavy atom. The van der Waals surface area contributed by atoms with E-state index >= 15 is 0 Å². The van der Waals surface area contributed by atoms with E-state index in [2.05, 4.69) is 44.6 Å². The standard InChI is InChI=1S/C19H28N6OS/c1-23(2)19(18-20-21-22-25(18)16-6-3-4-7-16)9-5-10-24(14-19)17(26)12-15-8-11-27-13-15/h8,11,13,16H,3-7,9-10,12,14H2,1-2H3. The number of aromatic nitrogens is 4. The molecule has 4 rings (SSSR count). The Balaban J connectivity index is 1.60. The van der Waals surface area contributed by atoms with E-state index in [1.165, 1.54) is 12.8 Å². The Morgan fingerprint density at radius 1 is 1.33 bits per heavy atom. The summed E-state index contributed by atoms with van der Waals surface area (Å²) in [6, 6.07) is 2.43. The first-order valence-corrected chi connectivity index (χ1v) is 10.8. The van der Waals surface area contributed by atoms with Crippen molar-refractivity contribution in [3.8, 4) is 0 Å². The monoisotopic (exact) mass is 388 g/mol. The van der Waals surface area contributed by atoms with Crippen LogP contribution in [0.3, 0.4) is 0 Å². The van der Waals surface area contributed by atoms with Crippen LogP contribution in [0.2, 0.25) is 0 Å². The molecule has 1 aliphatic heterocycles. The van der Waals surface area contributed by atoms with Crippen LogP contribution in [0.1, 0.15) is 56.0 Å². The lowest BCUT2D eigenvalue weighted by Gasteiger charge is -2.46. The van der Waals surface area contributed by atoms with Crippen molar-refractivity contribution in [3.63, 3.8) is 0 Å². The van der Waals surface area contributed by atoms with Gasteiger partial charge in [-0.05, 0) is 72.6 Å². The highest BCUT2D eigenvalue weighted by Gasteiger charge is 2.45. The minimum absolute atomic E-state index is 0.194. The van der Waals surface area contributed by atoms with Crippen LogP contribution in [0.15, 0.2) is 16.8 Å². The average Bonchev–Trinajstić information content (AvgIpc) is 3.42. The Kier molecular flexibility index (Phi) is 5.27. The number of carbonyl (C=O) groups excluding carboxylic acids is 1. The van der Waals surface area contributed by atoms with Crippen molar-refractivity contribution in [2.75, 3.05) is 27.2 Å². The van der Waals surface area contributed by atoms with Crippen LogP contribution in [-0.2, 0) is 16.8 Å². The topological polar surface area (TPSA) is 67.2 Å². The number of amides is 1. The highest BCUT2D eigenvalue weighted by molar-refractivity contribution is 7.08. The van der Waals surface area contributed by atoms with Crippen LogP contribution in [0.25, 0.3) is 0 Å². The van der Waals surface area contributed by atoms with Gasteiger partial charge in [0.15, 0.2) is 5.82 Å². The zero-order chi connectivity index (χ0) is 18.9. The fraction of sp³-hybridized carbons (Fsp3) is 0.684. The molecule has 3 heterocycles. The van der Waals surface area contributed by atoms with Gasteiger partial charge in [-0.25, -0.2) is 4.68 Å². The van der Waals surface area contributed by atoms with E-state index in [9.17, 15) is 4.79 Å². The minimum atomic E-state index is -0.325. The lowest BCUT2D eigenvalue weighted by atomic mass is 9.86. The van der Waals surface area contributed by atoms with E-state index < -0.39 is 0 Å². The van der Waals surface area contributed by atoms with Gasteiger partial charge in [-0.1, -0.05) is 12.8 Å². The Hall–Kier alpha value is -1.80. The molecule has 1 unspecified atom stereocenters. The minimum Gasteiger partial charge on any atom is -0.340 e. The number of likely N-dealkylation sites (tertiary alicyclic amines) is 1. The van der Waals surface area contributed by atoms with Crippen LogP contribution >= 0.6 is 11.3 Å². The molecule has 1 saturated carbocycles. The maximum atomic E-state index is 12.9. The highest BCUT2D eigenvalue weighted by Crippen LogP contribution is 2.38. The van der Waals surface area contributed by atoms with Crippen molar-refractivity contribution in [1.82, 2.24) is 30.0 Å². The van der Waals surface area contributed by atoms with Gasteiger partial charge in [0.1, 0.15) is 5.54 Å². The molecule has 1 atom stereocenters. The van der Waals surface area contributed by atoms with Crippen LogP contribution in [0.4, 0.5) is 0 Å². The van der Waals surface area contributed by atoms with Gasteiger partial charge in [-0.15, -0.1) is 5.10 Å². The van der Waals surface area contributed by atoms with E-state index in [4.69, 9.17) is 0 Å². The summed E-state index contributed by atoms with van der Waals surface area (Å²) in [6.45, 7) is 1.46. The van der Waals surface area contributed by atoms with Crippen molar-refractivity contribution in [1.29, 1.82) is 0 Å². The summed E-state index contributed by atoms with van der Waals surface area (Å²) < 4.78 is 2.06. The number of hydrogen-bond donors (Lipinski definition) is 0. The summed E-state index contributed by atoms with van der Waals surface area (Å²) in [5.41, 5.74) is 0.774. The van der Waals surface area contributed by atoms with Crippen LogP contribution in [0, 0.1) is 0 Å². The number of hydrogen-bond acceptors (Lipinski definition) is 6. The Labute approximate surface area is 164 Å². The zero-order valence-electron chi connectivity index (χ0n) is 16.2. The molecule has 1 amide bonds. The number of tetrazole rings is 1. The molecule has 0 radical (unpaired) electrons. The fourth-order valence-electron chi connectivity index (χ4n) is 4.57. The van der Waals surface area contributed by atoms with Crippen molar-refractivity contribution in [2.24, 2.45) is 0 Å². The number of nitrogens with zero attached hydrogens (tertiary/aromatic N) is 6. The maximum Gasteiger partial charge on any atom is 0.227 e. The van der Waals surface area contributed by atoms with E-state index in [-0.39, 0.29) is 11.4 Å². The largest absolute Gasteiger partial charge is 0.340 e. The molecule has 2 aromatic heterocycles. The quantitative estimate of drug-likeness (QED) is 0.787. The van der Waals surface area contributed by atoms with Crippen molar-refractivity contribution in [3.05, 3.63) is 28.2 Å². The van der Waals surface area contributed by atoms with Gasteiger partial charge < -0.3 is 4.90 Å². The van der Waals surface area contributed by atoms with E-state index in [1.54, 1.807) is 11.3 Å². The predicted octanol–water partition coefficient (Wildman–Crippen LogP) is 2.47. The van der Waals surface area contributed by atoms with Gasteiger partial charge in [0, 0.05) is 13.1 Å². The van der Waals surface area contributed by atoms with E-state index in [0.717, 1.165) is 43.6 Å². The molecule has 0 bridgehead atoms. The Morgan fingerprint density at radius 3 is 2.85 bits per heavy atom. The second-order valence-electron chi connectivity index (χ2n) is 8.04. The van der Waals surface area contributed by atoms with Crippen LogP contribution in [-0.4, -0.2) is 63.1 Å². The molecule has 2 aliphatic rings. The van der Waals surface area contributed by atoms with E-state index in [1.807, 2.05) is 16.3 Å². The third kappa shape index (κ3) is 3.52. The molecule has 2 fully saturated rings. The van der Waals surface area contributed by atoms with Gasteiger partial charge in [0.2, 0.25) is 5.91 Å². The SMILES string of the molecule is CN(C)C1(c2nnnn2C2CCCC2)CCCN(C(=O)Cc2ccsc2)C1. The molecular formula is C19H28N6OS. The van der Waals surface area contributed by atoms with Gasteiger partial charge in [0.05, 0.1) is 12.5 Å². The predicted molar refractivity (Wildman–Crippen MR) is 105 cm³/mol. The summed E-state index contributed by atoms with van der Waals surface area (Å²) in [4.78, 5) is 17.2. The van der Waals surface area contributed by atoms with Gasteiger partial charge in [-0.2, -0.15) is 11.3 Å². The maximum absolute atomic E-state index is 12.9. The second kappa shape index (κ2) is 7.67. The smallest absolute Gasteiger partial charge is 0.227 e. The van der Waals surface area contributed by atoms with Crippen molar-refractivity contribution < 1.29 is 4.79 Å². The first-order valence-electron chi connectivity index (χ1n) is 9.85. The molecule has 7 nitrogen and oxygen atoms in total. The highest BCUT2D eigenvalue weighted by atomic mass is 32.1. The number of rotatable bonds is 5. The molecule has 8 heteroatoms. The molecule has 0 spiro atoms. The summed E-state index contributed by atoms with van der Waals surface area (Å²) >= 11 is 1.64. The van der Waals surface area contributed by atoms with Crippen molar-refractivity contribution >= 4 is 17.2 Å². The summed E-state index contributed by atoms with van der Waals surface area (Å²) in [5.74, 6) is 1.12. The van der Waals surface area contributed by atoms with Gasteiger partial charge >= 0.3 is 0 Å². The average molecular weight is 389 g/mol. The van der Waals surface area contributed by atoms with Crippen LogP contribution in [0.5, 0.6) is 0 Å². The van der Waals surface area contributed by atoms with Crippen LogP contribution < -0.4 is 0 Å². The number of carbonyl (C=O) groups is 1. The normalized spacial score (nSPS) is 24.0. The molecule has 0 N–H and O–H groups in total. The molecule has 146 valence electrons. The summed E-state index contributed by atoms with van der Waals surface area (Å²) in [6.07, 6.45) is 7.17.